The van der Waals surface area contributed by atoms with Gasteiger partial charge in [0.25, 0.3) is 0 Å². The average molecular weight is 303 g/mol. The number of aromatic nitrogens is 2. The molecule has 0 spiro atoms. The fourth-order valence-corrected chi connectivity index (χ4v) is 1.95. The summed E-state index contributed by atoms with van der Waals surface area (Å²) in [5, 5.41) is 12.0. The molecule has 1 aromatic heterocycles. The molecule has 0 aliphatic rings. The van der Waals surface area contributed by atoms with E-state index in [9.17, 15) is 9.90 Å². The van der Waals surface area contributed by atoms with Gasteiger partial charge in [0.1, 0.15) is 5.82 Å². The highest BCUT2D eigenvalue weighted by Crippen LogP contribution is 2.37. The van der Waals surface area contributed by atoms with Crippen LogP contribution < -0.4 is 14.8 Å². The van der Waals surface area contributed by atoms with E-state index in [4.69, 9.17) is 9.47 Å². The second kappa shape index (κ2) is 6.75. The SMILES string of the molecule is CCOc1c(OC)cccc1-c1nc(NC)cc(C(=O)O)n1. The Kier molecular flexibility index (Phi) is 4.77. The monoisotopic (exact) mass is 303 g/mol. The number of carboxylic acid groups (broad SMARTS) is 1. The third-order valence-corrected chi connectivity index (χ3v) is 2.93. The molecule has 22 heavy (non-hydrogen) atoms. The number of nitrogens with zero attached hydrogens (tertiary/aromatic N) is 2. The van der Waals surface area contributed by atoms with Gasteiger partial charge in [-0.1, -0.05) is 6.07 Å². The number of ether oxygens (including phenoxy) is 2. The van der Waals surface area contributed by atoms with Gasteiger partial charge < -0.3 is 19.9 Å². The summed E-state index contributed by atoms with van der Waals surface area (Å²) >= 11 is 0. The highest BCUT2D eigenvalue weighted by Gasteiger charge is 2.17. The number of hydrogen-bond acceptors (Lipinski definition) is 6. The number of nitrogens with one attached hydrogen (secondary N) is 1. The number of carbonyl (C=O) groups is 1. The Labute approximate surface area is 127 Å². The van der Waals surface area contributed by atoms with Crippen molar-refractivity contribution in [2.75, 3.05) is 26.1 Å². The summed E-state index contributed by atoms with van der Waals surface area (Å²) < 4.78 is 10.9. The van der Waals surface area contributed by atoms with Crippen molar-refractivity contribution in [3.63, 3.8) is 0 Å². The van der Waals surface area contributed by atoms with Crippen LogP contribution in [0, 0.1) is 0 Å². The molecule has 7 heteroatoms. The lowest BCUT2D eigenvalue weighted by molar-refractivity contribution is 0.0690. The third kappa shape index (κ3) is 3.08. The number of carboxylic acids is 1. The maximum Gasteiger partial charge on any atom is 0.354 e. The Morgan fingerprint density at radius 1 is 1.36 bits per heavy atom. The highest BCUT2D eigenvalue weighted by molar-refractivity contribution is 5.87. The zero-order valence-electron chi connectivity index (χ0n) is 12.6. The molecule has 1 aromatic carbocycles. The van der Waals surface area contributed by atoms with Crippen molar-refractivity contribution in [1.29, 1.82) is 0 Å². The first-order valence-corrected chi connectivity index (χ1v) is 6.71. The van der Waals surface area contributed by atoms with Crippen molar-refractivity contribution < 1.29 is 19.4 Å². The number of benzene rings is 1. The van der Waals surface area contributed by atoms with Crippen LogP contribution in [0.1, 0.15) is 17.4 Å². The van der Waals surface area contributed by atoms with Crippen molar-refractivity contribution >= 4 is 11.8 Å². The summed E-state index contributed by atoms with van der Waals surface area (Å²) in [6.07, 6.45) is 0. The maximum absolute atomic E-state index is 11.2. The molecule has 0 saturated carbocycles. The Hall–Kier alpha value is -2.83. The minimum Gasteiger partial charge on any atom is -0.493 e. The largest absolute Gasteiger partial charge is 0.493 e. The van der Waals surface area contributed by atoms with Gasteiger partial charge in [-0.2, -0.15) is 0 Å². The van der Waals surface area contributed by atoms with Gasteiger partial charge in [-0.25, -0.2) is 14.8 Å². The molecule has 0 fully saturated rings. The fraction of sp³-hybridized carbons (Fsp3) is 0.267. The minimum absolute atomic E-state index is 0.0976. The van der Waals surface area contributed by atoms with E-state index in [2.05, 4.69) is 15.3 Å². The third-order valence-electron chi connectivity index (χ3n) is 2.93. The van der Waals surface area contributed by atoms with E-state index in [-0.39, 0.29) is 11.5 Å². The van der Waals surface area contributed by atoms with Gasteiger partial charge in [0.15, 0.2) is 23.0 Å². The van der Waals surface area contributed by atoms with Crippen LogP contribution in [0.3, 0.4) is 0 Å². The topological polar surface area (TPSA) is 93.6 Å². The predicted molar refractivity (Wildman–Crippen MR) is 81.7 cm³/mol. The first-order chi connectivity index (χ1) is 10.6. The Morgan fingerprint density at radius 3 is 2.73 bits per heavy atom. The molecule has 2 N–H and O–H groups in total. The number of methoxy groups -OCH3 is 1. The van der Waals surface area contributed by atoms with Crippen LogP contribution in [-0.4, -0.2) is 41.8 Å². The van der Waals surface area contributed by atoms with E-state index < -0.39 is 5.97 Å². The fourth-order valence-electron chi connectivity index (χ4n) is 1.95. The van der Waals surface area contributed by atoms with Crippen LogP contribution in [0.5, 0.6) is 11.5 Å². The summed E-state index contributed by atoms with van der Waals surface area (Å²) in [5.41, 5.74) is 0.473. The van der Waals surface area contributed by atoms with Crippen molar-refractivity contribution in [2.24, 2.45) is 0 Å². The van der Waals surface area contributed by atoms with E-state index >= 15 is 0 Å². The lowest BCUT2D eigenvalue weighted by Gasteiger charge is -2.14. The molecule has 0 saturated heterocycles. The molecule has 0 unspecified atom stereocenters. The summed E-state index contributed by atoms with van der Waals surface area (Å²) in [6, 6.07) is 6.65. The van der Waals surface area contributed by atoms with Crippen LogP contribution in [0.15, 0.2) is 24.3 Å². The van der Waals surface area contributed by atoms with E-state index in [0.29, 0.717) is 29.5 Å². The number of hydrogen-bond donors (Lipinski definition) is 2. The highest BCUT2D eigenvalue weighted by atomic mass is 16.5. The Morgan fingerprint density at radius 2 is 2.14 bits per heavy atom. The summed E-state index contributed by atoms with van der Waals surface area (Å²) in [7, 11) is 3.20. The molecule has 0 bridgehead atoms. The minimum atomic E-state index is -1.12. The van der Waals surface area contributed by atoms with Gasteiger partial charge in [-0.05, 0) is 19.1 Å². The lowest BCUT2D eigenvalue weighted by atomic mass is 10.1. The van der Waals surface area contributed by atoms with Crippen LogP contribution in [-0.2, 0) is 0 Å². The Bertz CT molecular complexity index is 688. The quantitative estimate of drug-likeness (QED) is 0.845. The maximum atomic E-state index is 11.2. The van der Waals surface area contributed by atoms with E-state index in [0.717, 1.165) is 0 Å². The summed E-state index contributed by atoms with van der Waals surface area (Å²) in [5.74, 6) is 0.562. The predicted octanol–water partition coefficient (Wildman–Crippen LogP) is 2.29. The molecule has 2 aromatic rings. The Balaban J connectivity index is 2.65. The van der Waals surface area contributed by atoms with Crippen LogP contribution in [0.4, 0.5) is 5.82 Å². The molecule has 2 rings (SSSR count). The van der Waals surface area contributed by atoms with Gasteiger partial charge in [0.05, 0.1) is 19.3 Å². The van der Waals surface area contributed by atoms with E-state index in [1.165, 1.54) is 13.2 Å². The standard InChI is InChI=1S/C15H17N3O4/c1-4-22-13-9(6-5-7-11(13)21-3)14-17-10(15(19)20)8-12(16-2)18-14/h5-8H,4H2,1-3H3,(H,19,20)(H,16,17,18). The van der Waals surface area contributed by atoms with Crippen LogP contribution in [0.2, 0.25) is 0 Å². The van der Waals surface area contributed by atoms with Gasteiger partial charge in [-0.3, -0.25) is 0 Å². The van der Waals surface area contributed by atoms with Gasteiger partial charge in [0.2, 0.25) is 0 Å². The van der Waals surface area contributed by atoms with Crippen molar-refractivity contribution in [1.82, 2.24) is 9.97 Å². The van der Waals surface area contributed by atoms with Crippen molar-refractivity contribution in [2.45, 2.75) is 6.92 Å². The van der Waals surface area contributed by atoms with Crippen LogP contribution in [0.25, 0.3) is 11.4 Å². The number of rotatable bonds is 6. The average Bonchev–Trinajstić information content (AvgIpc) is 2.54. The molecule has 0 aliphatic carbocycles. The second-order valence-corrected chi connectivity index (χ2v) is 4.29. The van der Waals surface area contributed by atoms with Crippen molar-refractivity contribution in [3.8, 4) is 22.9 Å². The smallest absolute Gasteiger partial charge is 0.354 e. The van der Waals surface area contributed by atoms with Crippen LogP contribution >= 0.6 is 0 Å². The lowest BCUT2D eigenvalue weighted by Crippen LogP contribution is -2.07. The molecular weight excluding hydrogens is 286 g/mol. The molecular formula is C15H17N3O4. The molecule has 0 aliphatic heterocycles. The second-order valence-electron chi connectivity index (χ2n) is 4.29. The molecule has 0 radical (unpaired) electrons. The van der Waals surface area contributed by atoms with E-state index in [1.54, 1.807) is 25.2 Å². The first kappa shape index (κ1) is 15.6. The summed E-state index contributed by atoms with van der Waals surface area (Å²) in [4.78, 5) is 19.6. The zero-order chi connectivity index (χ0) is 16.1. The molecule has 0 atom stereocenters. The summed E-state index contributed by atoms with van der Waals surface area (Å²) in [6.45, 7) is 2.29. The van der Waals surface area contributed by atoms with Crippen molar-refractivity contribution in [3.05, 3.63) is 30.0 Å². The normalized spacial score (nSPS) is 10.1. The van der Waals surface area contributed by atoms with Gasteiger partial charge in [-0.15, -0.1) is 0 Å². The molecule has 7 nitrogen and oxygen atoms in total. The number of aromatic carboxylic acids is 1. The molecule has 1 heterocycles. The van der Waals surface area contributed by atoms with Gasteiger partial charge >= 0.3 is 5.97 Å². The number of para-hydroxylation sites is 1. The molecule has 0 amide bonds. The van der Waals surface area contributed by atoms with E-state index in [1.807, 2.05) is 6.92 Å². The number of anilines is 1. The molecule has 116 valence electrons. The first-order valence-electron chi connectivity index (χ1n) is 6.71. The zero-order valence-corrected chi connectivity index (χ0v) is 12.6. The van der Waals surface area contributed by atoms with Gasteiger partial charge in [0, 0.05) is 13.1 Å².